The van der Waals surface area contributed by atoms with Gasteiger partial charge in [0.1, 0.15) is 5.75 Å². The Labute approximate surface area is 197 Å². The average molecular weight is 492 g/mol. The zero-order chi connectivity index (χ0) is 24.2. The molecule has 33 heavy (non-hydrogen) atoms. The number of halogens is 1. The normalized spacial score (nSPS) is 10.9. The largest absolute Gasteiger partial charge is 0.495 e. The second-order valence-corrected chi connectivity index (χ2v) is 8.81. The third kappa shape index (κ3) is 4.69. The van der Waals surface area contributed by atoms with Gasteiger partial charge in [0, 0.05) is 5.56 Å². The van der Waals surface area contributed by atoms with E-state index in [1.165, 1.54) is 70.9 Å². The summed E-state index contributed by atoms with van der Waals surface area (Å²) < 4.78 is 48.9. The van der Waals surface area contributed by atoms with E-state index in [-0.39, 0.29) is 38.4 Å². The highest BCUT2D eigenvalue weighted by Crippen LogP contribution is 2.40. The van der Waals surface area contributed by atoms with Crippen LogP contribution in [0.15, 0.2) is 65.6 Å². The molecule has 0 aliphatic carbocycles. The number of benzene rings is 3. The molecule has 0 bridgehead atoms. The van der Waals surface area contributed by atoms with Crippen molar-refractivity contribution in [2.45, 2.75) is 4.90 Å². The Morgan fingerprint density at radius 1 is 0.788 bits per heavy atom. The third-order valence-electron chi connectivity index (χ3n) is 4.75. The minimum Gasteiger partial charge on any atom is -0.495 e. The number of hydrogen-bond donors (Lipinski definition) is 0. The van der Waals surface area contributed by atoms with Crippen molar-refractivity contribution >= 4 is 33.2 Å². The van der Waals surface area contributed by atoms with Crippen molar-refractivity contribution in [3.8, 4) is 23.0 Å². The SMILES string of the molecule is COc1ccc(N(C(=O)c2cc(OC)c(OC)c(OC)c2)S(=O)(=O)c2ccccc2)cc1Cl. The number of carbonyl (C=O) groups is 1. The molecule has 0 fully saturated rings. The Morgan fingerprint density at radius 3 is 1.85 bits per heavy atom. The molecule has 174 valence electrons. The van der Waals surface area contributed by atoms with Crippen molar-refractivity contribution in [2.24, 2.45) is 0 Å². The van der Waals surface area contributed by atoms with E-state index in [1.54, 1.807) is 18.2 Å². The number of amides is 1. The van der Waals surface area contributed by atoms with Crippen LogP contribution in [0.5, 0.6) is 23.0 Å². The number of methoxy groups -OCH3 is 4. The maximum absolute atomic E-state index is 13.7. The molecule has 3 aromatic carbocycles. The van der Waals surface area contributed by atoms with Gasteiger partial charge < -0.3 is 18.9 Å². The average Bonchev–Trinajstić information content (AvgIpc) is 2.83. The van der Waals surface area contributed by atoms with Crippen molar-refractivity contribution in [1.82, 2.24) is 0 Å². The van der Waals surface area contributed by atoms with E-state index in [2.05, 4.69) is 0 Å². The van der Waals surface area contributed by atoms with E-state index in [1.807, 2.05) is 0 Å². The van der Waals surface area contributed by atoms with Gasteiger partial charge in [-0.15, -0.1) is 0 Å². The van der Waals surface area contributed by atoms with Crippen molar-refractivity contribution in [3.05, 3.63) is 71.2 Å². The first kappa shape index (κ1) is 24.2. The lowest BCUT2D eigenvalue weighted by Crippen LogP contribution is -2.37. The molecule has 3 aromatic rings. The molecule has 8 nitrogen and oxygen atoms in total. The number of nitrogens with zero attached hydrogens (tertiary/aromatic N) is 1. The van der Waals surface area contributed by atoms with Gasteiger partial charge in [-0.2, -0.15) is 4.31 Å². The first-order chi connectivity index (χ1) is 15.8. The Bertz CT molecular complexity index is 1240. The van der Waals surface area contributed by atoms with Gasteiger partial charge in [0.05, 0.1) is 44.0 Å². The smallest absolute Gasteiger partial charge is 0.272 e. The van der Waals surface area contributed by atoms with Gasteiger partial charge in [-0.1, -0.05) is 29.8 Å². The lowest BCUT2D eigenvalue weighted by atomic mass is 10.1. The Morgan fingerprint density at radius 2 is 1.36 bits per heavy atom. The van der Waals surface area contributed by atoms with Gasteiger partial charge >= 0.3 is 0 Å². The topological polar surface area (TPSA) is 91.4 Å². The third-order valence-corrected chi connectivity index (χ3v) is 6.77. The van der Waals surface area contributed by atoms with Crippen LogP contribution in [-0.4, -0.2) is 42.8 Å². The molecule has 0 heterocycles. The van der Waals surface area contributed by atoms with Gasteiger partial charge in [0.2, 0.25) is 5.75 Å². The summed E-state index contributed by atoms with van der Waals surface area (Å²) in [4.78, 5) is 13.6. The fraction of sp³-hybridized carbons (Fsp3) is 0.174. The summed E-state index contributed by atoms with van der Waals surface area (Å²) in [7, 11) is 1.33. The van der Waals surface area contributed by atoms with Crippen LogP contribution in [0.25, 0.3) is 0 Å². The first-order valence-corrected chi connectivity index (χ1v) is 11.4. The quantitative estimate of drug-likeness (QED) is 0.461. The van der Waals surface area contributed by atoms with Crippen molar-refractivity contribution < 1.29 is 32.2 Å². The van der Waals surface area contributed by atoms with E-state index < -0.39 is 15.9 Å². The van der Waals surface area contributed by atoms with E-state index in [0.29, 0.717) is 10.1 Å². The molecule has 0 aliphatic heterocycles. The van der Waals surface area contributed by atoms with Gasteiger partial charge in [0.25, 0.3) is 15.9 Å². The van der Waals surface area contributed by atoms with Crippen LogP contribution < -0.4 is 23.3 Å². The van der Waals surface area contributed by atoms with Crippen LogP contribution in [0.1, 0.15) is 10.4 Å². The number of carbonyl (C=O) groups excluding carboxylic acids is 1. The van der Waals surface area contributed by atoms with Crippen LogP contribution in [0.2, 0.25) is 5.02 Å². The van der Waals surface area contributed by atoms with Gasteiger partial charge in [0.15, 0.2) is 11.5 Å². The first-order valence-electron chi connectivity index (χ1n) is 9.56. The monoisotopic (exact) mass is 491 g/mol. The van der Waals surface area contributed by atoms with Crippen LogP contribution in [0.4, 0.5) is 5.69 Å². The molecule has 0 spiro atoms. The molecule has 0 N–H and O–H groups in total. The van der Waals surface area contributed by atoms with Gasteiger partial charge in [-0.25, -0.2) is 8.42 Å². The molecule has 0 aliphatic rings. The fourth-order valence-corrected chi connectivity index (χ4v) is 4.85. The summed E-state index contributed by atoms with van der Waals surface area (Å²) in [5.41, 5.74) is 0.0272. The molecule has 0 aromatic heterocycles. The summed E-state index contributed by atoms with van der Waals surface area (Å²) in [6.45, 7) is 0. The number of anilines is 1. The van der Waals surface area contributed by atoms with E-state index in [9.17, 15) is 13.2 Å². The van der Waals surface area contributed by atoms with Crippen LogP contribution in [0.3, 0.4) is 0 Å². The second-order valence-electron chi connectivity index (χ2n) is 6.62. The number of rotatable bonds is 8. The van der Waals surface area contributed by atoms with Crippen LogP contribution in [0, 0.1) is 0 Å². The Kier molecular flexibility index (Phi) is 7.35. The summed E-state index contributed by atoms with van der Waals surface area (Å²) in [6, 6.07) is 14.6. The predicted molar refractivity (Wildman–Crippen MR) is 125 cm³/mol. The highest BCUT2D eigenvalue weighted by molar-refractivity contribution is 7.93. The highest BCUT2D eigenvalue weighted by Gasteiger charge is 2.33. The number of ether oxygens (including phenoxy) is 4. The van der Waals surface area contributed by atoms with Crippen LogP contribution in [-0.2, 0) is 10.0 Å². The molecule has 3 rings (SSSR count). The molecule has 0 radical (unpaired) electrons. The zero-order valence-corrected chi connectivity index (χ0v) is 19.9. The van der Waals surface area contributed by atoms with Gasteiger partial charge in [-0.3, -0.25) is 4.79 Å². The number of hydrogen-bond acceptors (Lipinski definition) is 7. The zero-order valence-electron chi connectivity index (χ0n) is 18.4. The second kappa shape index (κ2) is 10.0. The molecule has 1 amide bonds. The standard InChI is InChI=1S/C23H22ClNO7S/c1-29-19-11-10-16(14-18(19)24)25(33(27,28)17-8-6-5-7-9-17)23(26)15-12-20(30-2)22(32-4)21(13-15)31-3/h5-14H,1-4H3. The summed E-state index contributed by atoms with van der Waals surface area (Å²) >= 11 is 6.24. The molecule has 10 heteroatoms. The summed E-state index contributed by atoms with van der Waals surface area (Å²) in [5.74, 6) is 0.147. The molecule has 0 unspecified atom stereocenters. The molecule has 0 saturated heterocycles. The molecular weight excluding hydrogens is 470 g/mol. The number of sulfonamides is 1. The molecule has 0 atom stereocenters. The van der Waals surface area contributed by atoms with E-state index >= 15 is 0 Å². The van der Waals surface area contributed by atoms with E-state index in [4.69, 9.17) is 30.5 Å². The summed E-state index contributed by atoms with van der Waals surface area (Å²) in [5, 5.41) is 0.140. The van der Waals surface area contributed by atoms with Crippen molar-refractivity contribution in [3.63, 3.8) is 0 Å². The van der Waals surface area contributed by atoms with Crippen molar-refractivity contribution in [1.29, 1.82) is 0 Å². The minimum atomic E-state index is -4.32. The highest BCUT2D eigenvalue weighted by atomic mass is 35.5. The van der Waals surface area contributed by atoms with Gasteiger partial charge in [-0.05, 0) is 42.5 Å². The van der Waals surface area contributed by atoms with E-state index in [0.717, 1.165) is 0 Å². The summed E-state index contributed by atoms with van der Waals surface area (Å²) in [6.07, 6.45) is 0. The minimum absolute atomic E-state index is 0.00375. The Balaban J connectivity index is 2.24. The van der Waals surface area contributed by atoms with Crippen LogP contribution >= 0.6 is 11.6 Å². The maximum atomic E-state index is 13.7. The molecule has 0 saturated carbocycles. The lowest BCUT2D eigenvalue weighted by Gasteiger charge is -2.24. The molecular formula is C23H22ClNO7S. The predicted octanol–water partition coefficient (Wildman–Crippen LogP) is 4.41. The lowest BCUT2D eigenvalue weighted by molar-refractivity contribution is 0.100. The Hall–Kier alpha value is -3.43. The fourth-order valence-electron chi connectivity index (χ4n) is 3.17. The maximum Gasteiger partial charge on any atom is 0.272 e. The van der Waals surface area contributed by atoms with Crippen molar-refractivity contribution in [2.75, 3.05) is 32.7 Å².